The lowest BCUT2D eigenvalue weighted by atomic mass is 9.95. The lowest BCUT2D eigenvalue weighted by Crippen LogP contribution is -2.43. The maximum atomic E-state index is 14.8. The number of benzene rings is 1. The molecule has 2 aliphatic rings. The monoisotopic (exact) mass is 382 g/mol. The largest absolute Gasteiger partial charge is 0.338 e. The SMILES string of the molecule is O=C(Nc1ccc2c(c1F)CCNC2)C1CCCN(C(=O)c2ccncc2)C1. The Morgan fingerprint density at radius 1 is 1.21 bits per heavy atom. The molecule has 1 aromatic carbocycles. The van der Waals surface area contributed by atoms with Gasteiger partial charge in [-0.3, -0.25) is 14.6 Å². The van der Waals surface area contributed by atoms with Crippen LogP contribution in [0.4, 0.5) is 10.1 Å². The Hall–Kier alpha value is -2.80. The molecule has 1 saturated heterocycles. The van der Waals surface area contributed by atoms with Gasteiger partial charge < -0.3 is 15.5 Å². The molecule has 1 aromatic heterocycles. The number of pyridine rings is 1. The average Bonchev–Trinajstić information content (AvgIpc) is 2.76. The number of nitrogens with one attached hydrogen (secondary N) is 2. The van der Waals surface area contributed by atoms with E-state index in [1.807, 2.05) is 6.07 Å². The summed E-state index contributed by atoms with van der Waals surface area (Å²) in [5.41, 5.74) is 2.40. The van der Waals surface area contributed by atoms with Crippen LogP contribution in [0.15, 0.2) is 36.7 Å². The number of carbonyl (C=O) groups excluding carboxylic acids is 2. The van der Waals surface area contributed by atoms with Crippen molar-refractivity contribution in [2.24, 2.45) is 5.92 Å². The molecule has 2 N–H and O–H groups in total. The molecule has 2 aromatic rings. The summed E-state index contributed by atoms with van der Waals surface area (Å²) < 4.78 is 14.8. The summed E-state index contributed by atoms with van der Waals surface area (Å²) in [6.45, 7) is 2.33. The highest BCUT2D eigenvalue weighted by Gasteiger charge is 2.29. The highest BCUT2D eigenvalue weighted by molar-refractivity contribution is 5.96. The van der Waals surface area contributed by atoms with Crippen LogP contribution in [0.2, 0.25) is 0 Å². The zero-order chi connectivity index (χ0) is 19.5. The van der Waals surface area contributed by atoms with Crippen LogP contribution < -0.4 is 10.6 Å². The first-order chi connectivity index (χ1) is 13.6. The summed E-state index contributed by atoms with van der Waals surface area (Å²) in [5, 5.41) is 5.96. The first-order valence-corrected chi connectivity index (χ1v) is 9.64. The molecule has 1 atom stereocenters. The van der Waals surface area contributed by atoms with Crippen molar-refractivity contribution in [1.82, 2.24) is 15.2 Å². The number of fused-ring (bicyclic) bond motifs is 1. The highest BCUT2D eigenvalue weighted by Crippen LogP contribution is 2.26. The minimum atomic E-state index is -0.350. The smallest absolute Gasteiger partial charge is 0.253 e. The normalized spacial score (nSPS) is 19.0. The number of hydrogen-bond acceptors (Lipinski definition) is 4. The van der Waals surface area contributed by atoms with Crippen LogP contribution in [0.25, 0.3) is 0 Å². The Balaban J connectivity index is 1.44. The van der Waals surface area contributed by atoms with Crippen LogP contribution >= 0.6 is 0 Å². The van der Waals surface area contributed by atoms with E-state index in [0.717, 1.165) is 18.5 Å². The molecule has 0 radical (unpaired) electrons. The number of amides is 2. The quantitative estimate of drug-likeness (QED) is 0.855. The zero-order valence-corrected chi connectivity index (χ0v) is 15.6. The highest BCUT2D eigenvalue weighted by atomic mass is 19.1. The van der Waals surface area contributed by atoms with Crippen LogP contribution in [-0.2, 0) is 17.8 Å². The number of piperidine rings is 1. The summed E-state index contributed by atoms with van der Waals surface area (Å²) in [7, 11) is 0. The molecule has 2 aliphatic heterocycles. The summed E-state index contributed by atoms with van der Waals surface area (Å²) >= 11 is 0. The molecule has 0 spiro atoms. The van der Waals surface area contributed by atoms with Crippen LogP contribution in [0.5, 0.6) is 0 Å². The van der Waals surface area contributed by atoms with E-state index in [1.165, 1.54) is 0 Å². The summed E-state index contributed by atoms with van der Waals surface area (Å²) in [4.78, 5) is 31.0. The molecule has 3 heterocycles. The van der Waals surface area contributed by atoms with Gasteiger partial charge in [0.2, 0.25) is 5.91 Å². The molecule has 28 heavy (non-hydrogen) atoms. The van der Waals surface area contributed by atoms with E-state index in [4.69, 9.17) is 0 Å². The molecule has 2 amide bonds. The molecule has 7 heteroatoms. The van der Waals surface area contributed by atoms with Gasteiger partial charge in [-0.25, -0.2) is 4.39 Å². The molecular weight excluding hydrogens is 359 g/mol. The third kappa shape index (κ3) is 3.75. The van der Waals surface area contributed by atoms with Gasteiger partial charge in [0, 0.05) is 37.6 Å². The Kier molecular flexibility index (Phi) is 5.34. The second-order valence-corrected chi connectivity index (χ2v) is 7.31. The van der Waals surface area contributed by atoms with E-state index in [-0.39, 0.29) is 29.2 Å². The first-order valence-electron chi connectivity index (χ1n) is 9.64. The average molecular weight is 382 g/mol. The fourth-order valence-corrected chi connectivity index (χ4v) is 3.92. The van der Waals surface area contributed by atoms with Gasteiger partial charge in [0.15, 0.2) is 0 Å². The van der Waals surface area contributed by atoms with Crippen molar-refractivity contribution in [3.05, 3.63) is 59.2 Å². The van der Waals surface area contributed by atoms with Crippen molar-refractivity contribution in [3.63, 3.8) is 0 Å². The Morgan fingerprint density at radius 2 is 2.04 bits per heavy atom. The van der Waals surface area contributed by atoms with Gasteiger partial charge in [-0.2, -0.15) is 0 Å². The predicted octanol–water partition coefficient (Wildman–Crippen LogP) is 2.36. The van der Waals surface area contributed by atoms with E-state index >= 15 is 0 Å². The van der Waals surface area contributed by atoms with Crippen LogP contribution in [0, 0.1) is 11.7 Å². The third-order valence-electron chi connectivity index (χ3n) is 5.47. The van der Waals surface area contributed by atoms with Crippen LogP contribution in [0.3, 0.4) is 0 Å². The number of halogens is 1. The second-order valence-electron chi connectivity index (χ2n) is 7.31. The van der Waals surface area contributed by atoms with Crippen molar-refractivity contribution in [2.45, 2.75) is 25.8 Å². The first kappa shape index (κ1) is 18.6. The number of anilines is 1. The summed E-state index contributed by atoms with van der Waals surface area (Å²) in [6, 6.07) is 6.83. The number of likely N-dealkylation sites (tertiary alicyclic amines) is 1. The topological polar surface area (TPSA) is 74.3 Å². The van der Waals surface area contributed by atoms with E-state index < -0.39 is 0 Å². The van der Waals surface area contributed by atoms with Crippen LogP contribution in [-0.4, -0.2) is 41.3 Å². The van der Waals surface area contributed by atoms with Crippen molar-refractivity contribution < 1.29 is 14.0 Å². The molecule has 1 unspecified atom stereocenters. The van der Waals surface area contributed by atoms with Gasteiger partial charge in [-0.15, -0.1) is 0 Å². The third-order valence-corrected chi connectivity index (χ3v) is 5.47. The van der Waals surface area contributed by atoms with Gasteiger partial charge in [0.05, 0.1) is 11.6 Å². The summed E-state index contributed by atoms with van der Waals surface area (Å²) in [5.74, 6) is -1.03. The van der Waals surface area contributed by atoms with Crippen LogP contribution in [0.1, 0.15) is 34.3 Å². The second kappa shape index (κ2) is 8.06. The predicted molar refractivity (Wildman–Crippen MR) is 103 cm³/mol. The number of rotatable bonds is 3. The molecule has 0 aliphatic carbocycles. The number of carbonyl (C=O) groups is 2. The Bertz CT molecular complexity index is 887. The fourth-order valence-electron chi connectivity index (χ4n) is 3.92. The van der Waals surface area contributed by atoms with E-state index in [1.54, 1.807) is 35.5 Å². The van der Waals surface area contributed by atoms with Gasteiger partial charge in [-0.05, 0) is 55.1 Å². The zero-order valence-electron chi connectivity index (χ0n) is 15.6. The lowest BCUT2D eigenvalue weighted by molar-refractivity contribution is -0.121. The minimum Gasteiger partial charge on any atom is -0.338 e. The van der Waals surface area contributed by atoms with E-state index in [0.29, 0.717) is 43.6 Å². The molecular formula is C21H23FN4O2. The van der Waals surface area contributed by atoms with Gasteiger partial charge in [-0.1, -0.05) is 6.07 Å². The standard InChI is InChI=1S/C21H23FN4O2/c22-19-17-7-10-24-12-15(17)3-4-18(19)25-20(27)16-2-1-11-26(13-16)21(28)14-5-8-23-9-6-14/h3-6,8-9,16,24H,1-2,7,10-13H2,(H,25,27). The van der Waals surface area contributed by atoms with E-state index in [2.05, 4.69) is 15.6 Å². The summed E-state index contributed by atoms with van der Waals surface area (Å²) in [6.07, 6.45) is 5.20. The van der Waals surface area contributed by atoms with Crippen molar-refractivity contribution >= 4 is 17.5 Å². The minimum absolute atomic E-state index is 0.104. The lowest BCUT2D eigenvalue weighted by Gasteiger charge is -2.32. The molecule has 0 saturated carbocycles. The number of hydrogen-bond donors (Lipinski definition) is 2. The van der Waals surface area contributed by atoms with Crippen molar-refractivity contribution in [2.75, 3.05) is 25.0 Å². The van der Waals surface area contributed by atoms with Crippen molar-refractivity contribution in [1.29, 1.82) is 0 Å². The maximum Gasteiger partial charge on any atom is 0.253 e. The molecule has 0 bridgehead atoms. The fraction of sp³-hybridized carbons (Fsp3) is 0.381. The molecule has 4 rings (SSSR count). The number of nitrogens with zero attached hydrogens (tertiary/aromatic N) is 2. The van der Waals surface area contributed by atoms with Gasteiger partial charge in [0.1, 0.15) is 5.82 Å². The van der Waals surface area contributed by atoms with Gasteiger partial charge in [0.25, 0.3) is 5.91 Å². The van der Waals surface area contributed by atoms with Crippen molar-refractivity contribution in [3.8, 4) is 0 Å². The van der Waals surface area contributed by atoms with Gasteiger partial charge >= 0.3 is 0 Å². The molecule has 1 fully saturated rings. The molecule has 146 valence electrons. The number of aromatic nitrogens is 1. The Morgan fingerprint density at radius 3 is 2.86 bits per heavy atom. The molecule has 6 nitrogen and oxygen atoms in total. The van der Waals surface area contributed by atoms with E-state index in [9.17, 15) is 14.0 Å². The maximum absolute atomic E-state index is 14.8. The Labute approximate surface area is 163 Å².